The van der Waals surface area contributed by atoms with E-state index in [1.165, 1.54) is 77.2 Å². The van der Waals surface area contributed by atoms with Crippen LogP contribution in [0.3, 0.4) is 0 Å². The first-order valence-corrected chi connectivity index (χ1v) is 25.0. The molecule has 0 aromatic heterocycles. The summed E-state index contributed by atoms with van der Waals surface area (Å²) in [5.41, 5.74) is 17.9. The van der Waals surface area contributed by atoms with Crippen molar-refractivity contribution in [1.82, 2.24) is 0 Å². The average Bonchev–Trinajstić information content (AvgIpc) is 3.77. The number of anilines is 6. The van der Waals surface area contributed by atoms with Crippen LogP contribution in [0, 0.1) is 0 Å². The van der Waals surface area contributed by atoms with Gasteiger partial charge in [0.25, 0.3) is 0 Å². The zero-order valence-corrected chi connectivity index (χ0v) is 39.6. The molecule has 72 heavy (non-hydrogen) atoms. The molecule has 2 aliphatic rings. The van der Waals surface area contributed by atoms with Crippen molar-refractivity contribution in [2.45, 2.75) is 10.8 Å². The topological polar surface area (TPSA) is 6.48 Å². The lowest BCUT2D eigenvalue weighted by atomic mass is 9.51. The van der Waals surface area contributed by atoms with Crippen LogP contribution in [-0.4, -0.2) is 0 Å². The van der Waals surface area contributed by atoms with Crippen molar-refractivity contribution in [2.75, 3.05) is 9.80 Å². The number of hydrogen-bond acceptors (Lipinski definition) is 2. The Labute approximate surface area is 421 Å². The van der Waals surface area contributed by atoms with Crippen LogP contribution in [0.2, 0.25) is 0 Å². The smallest absolute Gasteiger partial charge is 0.0720 e. The summed E-state index contributed by atoms with van der Waals surface area (Å²) in [5.74, 6) is 0. The van der Waals surface area contributed by atoms with E-state index < -0.39 is 10.8 Å². The van der Waals surface area contributed by atoms with Gasteiger partial charge in [-0.25, -0.2) is 0 Å². The van der Waals surface area contributed by atoms with Crippen LogP contribution in [-0.2, 0) is 10.8 Å². The van der Waals surface area contributed by atoms with E-state index in [4.69, 9.17) is 0 Å². The van der Waals surface area contributed by atoms with Gasteiger partial charge in [-0.3, -0.25) is 0 Å². The van der Waals surface area contributed by atoms with Crippen molar-refractivity contribution in [3.05, 3.63) is 336 Å². The molecule has 0 radical (unpaired) electrons. The second-order valence-corrected chi connectivity index (χ2v) is 19.1. The number of hydrogen-bond donors (Lipinski definition) is 0. The number of nitrogens with zero attached hydrogens (tertiary/aromatic N) is 2. The second kappa shape index (κ2) is 16.7. The van der Waals surface area contributed by atoms with Crippen molar-refractivity contribution in [2.24, 2.45) is 0 Å². The van der Waals surface area contributed by atoms with E-state index in [1.807, 2.05) is 0 Å². The first-order chi connectivity index (χ1) is 35.7. The van der Waals surface area contributed by atoms with Crippen molar-refractivity contribution in [1.29, 1.82) is 0 Å². The lowest BCUT2D eigenvalue weighted by Crippen LogP contribution is -2.44. The van der Waals surface area contributed by atoms with Crippen LogP contribution in [0.5, 0.6) is 0 Å². The van der Waals surface area contributed by atoms with Crippen molar-refractivity contribution in [3.8, 4) is 11.1 Å². The molecule has 0 saturated heterocycles. The highest BCUT2D eigenvalue weighted by molar-refractivity contribution is 6.01. The molecule has 0 N–H and O–H groups in total. The molecule has 12 aromatic carbocycles. The predicted molar refractivity (Wildman–Crippen MR) is 300 cm³/mol. The molecule has 2 heteroatoms. The fourth-order valence-corrected chi connectivity index (χ4v) is 12.7. The van der Waals surface area contributed by atoms with Crippen LogP contribution in [0.1, 0.15) is 44.5 Å². The fourth-order valence-electron chi connectivity index (χ4n) is 12.7. The molecule has 12 aromatic rings. The zero-order chi connectivity index (χ0) is 47.6. The van der Waals surface area contributed by atoms with Gasteiger partial charge < -0.3 is 9.80 Å². The van der Waals surface area contributed by atoms with E-state index in [2.05, 4.69) is 301 Å². The third-order valence-electron chi connectivity index (χ3n) is 15.5. The summed E-state index contributed by atoms with van der Waals surface area (Å²) in [7, 11) is 0. The van der Waals surface area contributed by atoms with Crippen LogP contribution >= 0.6 is 0 Å². The Bertz CT molecular complexity index is 3830. The summed E-state index contributed by atoms with van der Waals surface area (Å²) in [6.07, 6.45) is 0. The van der Waals surface area contributed by atoms with Crippen molar-refractivity contribution >= 4 is 55.7 Å². The average molecular weight is 917 g/mol. The molecule has 2 aliphatic carbocycles. The highest BCUT2D eigenvalue weighted by Gasteiger charge is 2.57. The predicted octanol–water partition coefficient (Wildman–Crippen LogP) is 18.0. The second-order valence-electron chi connectivity index (χ2n) is 19.1. The minimum absolute atomic E-state index is 0.572. The van der Waals surface area contributed by atoms with Crippen LogP contribution < -0.4 is 9.80 Å². The Hall–Kier alpha value is -9.24. The minimum Gasteiger partial charge on any atom is -0.310 e. The van der Waals surface area contributed by atoms with Gasteiger partial charge in [-0.2, -0.15) is 0 Å². The summed E-state index contributed by atoms with van der Waals surface area (Å²) >= 11 is 0. The van der Waals surface area contributed by atoms with Gasteiger partial charge in [-0.15, -0.1) is 0 Å². The van der Waals surface area contributed by atoms with Gasteiger partial charge in [0.05, 0.1) is 22.2 Å². The quantitative estimate of drug-likeness (QED) is 0.142. The maximum absolute atomic E-state index is 2.48. The molecule has 0 bridgehead atoms. The normalized spacial score (nSPS) is 14.8. The highest BCUT2D eigenvalue weighted by atomic mass is 15.1. The zero-order valence-electron chi connectivity index (χ0n) is 39.6. The summed E-state index contributed by atoms with van der Waals surface area (Å²) in [5, 5.41) is 4.79. The first kappa shape index (κ1) is 41.7. The van der Waals surface area contributed by atoms with Crippen LogP contribution in [0.25, 0.3) is 32.7 Å². The Kier molecular flexibility index (Phi) is 9.69. The van der Waals surface area contributed by atoms with Gasteiger partial charge in [-0.05, 0) is 127 Å². The lowest BCUT2D eigenvalue weighted by Gasteiger charge is -2.50. The molecule has 0 saturated carbocycles. The van der Waals surface area contributed by atoms with Gasteiger partial charge in [0.1, 0.15) is 0 Å². The molecule has 2 nitrogen and oxygen atoms in total. The molecule has 338 valence electrons. The molecule has 0 aliphatic heterocycles. The van der Waals surface area contributed by atoms with Crippen molar-refractivity contribution < 1.29 is 0 Å². The largest absolute Gasteiger partial charge is 0.310 e. The molecule has 0 spiro atoms. The molecular formula is C70H48N2. The lowest BCUT2D eigenvalue weighted by molar-refractivity contribution is 0.627. The number of benzene rings is 12. The first-order valence-electron chi connectivity index (χ1n) is 25.0. The van der Waals surface area contributed by atoms with Gasteiger partial charge in [-0.1, -0.05) is 231 Å². The minimum atomic E-state index is -0.809. The van der Waals surface area contributed by atoms with Gasteiger partial charge >= 0.3 is 0 Å². The van der Waals surface area contributed by atoms with Crippen molar-refractivity contribution in [3.63, 3.8) is 0 Å². The summed E-state index contributed by atoms with van der Waals surface area (Å²) in [6.45, 7) is 0. The number of rotatable bonds is 9. The number of para-hydroxylation sites is 2. The third kappa shape index (κ3) is 6.09. The van der Waals surface area contributed by atoms with E-state index in [1.54, 1.807) is 0 Å². The molecule has 0 heterocycles. The van der Waals surface area contributed by atoms with Gasteiger partial charge in [0.15, 0.2) is 0 Å². The Morgan fingerprint density at radius 2 is 0.611 bits per heavy atom. The standard InChI is InChI=1S/C70H48N2/c1-4-27-51(28-5-1)70-62-41-15-14-39-60(62)61-40-22-44-65(68(61)70)69(63-42-16-17-43-64(63)70,52-29-20-35-56(47-52)71(54-31-6-2-7-32-54)66-45-18-25-49-23-10-12-37-58(49)66)53-30-21-36-57(48-53)72(55-33-8-3-9-34-55)67-46-19-26-50-24-11-13-38-59(50)67/h1-48H. The summed E-state index contributed by atoms with van der Waals surface area (Å²) < 4.78 is 0. The maximum atomic E-state index is 2.48. The maximum Gasteiger partial charge on any atom is 0.0720 e. The Balaban J connectivity index is 1.11. The monoisotopic (exact) mass is 916 g/mol. The van der Waals surface area contributed by atoms with Crippen LogP contribution in [0.4, 0.5) is 34.1 Å². The van der Waals surface area contributed by atoms with E-state index in [9.17, 15) is 0 Å². The molecule has 0 fully saturated rings. The fraction of sp³-hybridized carbons (Fsp3) is 0.0286. The molecular weight excluding hydrogens is 869 g/mol. The third-order valence-corrected chi connectivity index (χ3v) is 15.5. The van der Waals surface area contributed by atoms with E-state index in [0.717, 1.165) is 34.1 Å². The molecule has 0 amide bonds. The summed E-state index contributed by atoms with van der Waals surface area (Å²) in [4.78, 5) is 4.89. The molecule has 1 atom stereocenters. The summed E-state index contributed by atoms with van der Waals surface area (Å²) in [6, 6.07) is 108. The Morgan fingerprint density at radius 3 is 1.18 bits per heavy atom. The van der Waals surface area contributed by atoms with Gasteiger partial charge in [0, 0.05) is 33.5 Å². The highest BCUT2D eigenvalue weighted by Crippen LogP contribution is 2.66. The van der Waals surface area contributed by atoms with Gasteiger partial charge in [0.2, 0.25) is 0 Å². The number of fused-ring (bicyclic) bond motifs is 7. The molecule has 14 rings (SSSR count). The van der Waals surface area contributed by atoms with E-state index >= 15 is 0 Å². The van der Waals surface area contributed by atoms with Crippen LogP contribution in [0.15, 0.2) is 291 Å². The molecule has 1 unspecified atom stereocenters. The SMILES string of the molecule is c1ccc(N(c2cccc(C3(c4cccc(N(c5ccccc5)c5cccc6ccccc56)c4)c4ccccc4C4(c5ccccc5)c5ccccc5-c5cccc3c54)c2)c2cccc3ccccc23)cc1. The van der Waals surface area contributed by atoms with E-state index in [0.29, 0.717) is 0 Å². The Morgan fingerprint density at radius 1 is 0.236 bits per heavy atom. The van der Waals surface area contributed by atoms with E-state index in [-0.39, 0.29) is 0 Å².